The lowest BCUT2D eigenvalue weighted by Gasteiger charge is -2.23. The van der Waals surface area contributed by atoms with Crippen LogP contribution in [0.1, 0.15) is 21.5 Å². The summed E-state index contributed by atoms with van der Waals surface area (Å²) < 4.78 is 0.627. The molecule has 0 aromatic heterocycles. The Balaban J connectivity index is 2.09. The van der Waals surface area contributed by atoms with E-state index in [4.69, 9.17) is 0 Å². The smallest absolute Gasteiger partial charge is 0.271 e. The Bertz CT molecular complexity index is 746. The Morgan fingerprint density at radius 1 is 1.17 bits per heavy atom. The van der Waals surface area contributed by atoms with Gasteiger partial charge in [-0.3, -0.25) is 9.28 Å². The molecule has 0 bridgehead atoms. The quantitative estimate of drug-likeness (QED) is 0.518. The van der Waals surface area contributed by atoms with Crippen molar-refractivity contribution in [3.63, 3.8) is 0 Å². The van der Waals surface area contributed by atoms with E-state index < -0.39 is 0 Å². The molecule has 2 N–H and O–H groups in total. The van der Waals surface area contributed by atoms with Crippen molar-refractivity contribution in [2.24, 2.45) is 5.10 Å². The fourth-order valence-corrected chi connectivity index (χ4v) is 2.05. The normalized spacial score (nSPS) is 11.7. The summed E-state index contributed by atoms with van der Waals surface area (Å²) in [7, 11) is 6.11. The molecule has 120 valence electrons. The predicted octanol–water partition coefficient (Wildman–Crippen LogP) is 2.66. The number of aryl methyl sites for hydroxylation is 1. The first-order valence-electron chi connectivity index (χ1n) is 7.32. The van der Waals surface area contributed by atoms with Gasteiger partial charge in [0.15, 0.2) is 0 Å². The number of hydrogen-bond acceptors (Lipinski definition) is 3. The third kappa shape index (κ3) is 4.40. The number of quaternary nitrogens is 1. The van der Waals surface area contributed by atoms with Crippen LogP contribution in [-0.4, -0.2) is 38.4 Å². The second-order valence-corrected chi connectivity index (χ2v) is 6.32. The molecule has 5 nitrogen and oxygen atoms in total. The van der Waals surface area contributed by atoms with Crippen LogP contribution >= 0.6 is 0 Å². The molecule has 2 rings (SSSR count). The van der Waals surface area contributed by atoms with E-state index in [1.54, 1.807) is 18.2 Å². The highest BCUT2D eigenvalue weighted by Gasteiger charge is 2.14. The number of hydrazone groups is 1. The van der Waals surface area contributed by atoms with Crippen LogP contribution in [0.15, 0.2) is 47.6 Å². The molecule has 1 amide bonds. The van der Waals surface area contributed by atoms with Crippen molar-refractivity contribution in [1.29, 1.82) is 0 Å². The Hall–Kier alpha value is -2.66. The first-order valence-corrected chi connectivity index (χ1v) is 7.32. The van der Waals surface area contributed by atoms with Crippen molar-refractivity contribution < 1.29 is 9.90 Å². The van der Waals surface area contributed by atoms with E-state index in [9.17, 15) is 9.90 Å². The van der Waals surface area contributed by atoms with Gasteiger partial charge >= 0.3 is 0 Å². The summed E-state index contributed by atoms with van der Waals surface area (Å²) in [6.45, 7) is 1.89. The Morgan fingerprint density at radius 2 is 1.91 bits per heavy atom. The Kier molecular flexibility index (Phi) is 4.81. The molecule has 0 aliphatic carbocycles. The number of phenols is 1. The van der Waals surface area contributed by atoms with Crippen molar-refractivity contribution in [3.05, 3.63) is 59.2 Å². The molecule has 0 saturated heterocycles. The summed E-state index contributed by atoms with van der Waals surface area (Å²) in [6, 6.07) is 12.7. The van der Waals surface area contributed by atoms with Gasteiger partial charge in [0.05, 0.1) is 27.4 Å². The van der Waals surface area contributed by atoms with Crippen molar-refractivity contribution in [3.8, 4) is 5.75 Å². The highest BCUT2D eigenvalue weighted by atomic mass is 16.3. The summed E-state index contributed by atoms with van der Waals surface area (Å²) in [5.74, 6) is -0.154. The van der Waals surface area contributed by atoms with E-state index in [1.165, 1.54) is 6.21 Å². The van der Waals surface area contributed by atoms with Crippen LogP contribution in [0.25, 0.3) is 0 Å². The number of benzene rings is 2. The summed E-state index contributed by atoms with van der Waals surface area (Å²) in [5.41, 5.74) is 5.56. The maximum absolute atomic E-state index is 12.2. The van der Waals surface area contributed by atoms with Crippen LogP contribution in [0, 0.1) is 6.92 Å². The fraction of sp³-hybridized carbons (Fsp3) is 0.222. The molecule has 0 radical (unpaired) electrons. The minimum atomic E-state index is -0.289. The van der Waals surface area contributed by atoms with Crippen LogP contribution in [0.2, 0.25) is 0 Å². The number of hydrogen-bond donors (Lipinski definition) is 2. The zero-order chi connectivity index (χ0) is 17.0. The number of amides is 1. The molecule has 0 spiro atoms. The van der Waals surface area contributed by atoms with Gasteiger partial charge < -0.3 is 5.11 Å². The topological polar surface area (TPSA) is 61.7 Å². The lowest BCUT2D eigenvalue weighted by atomic mass is 10.1. The highest BCUT2D eigenvalue weighted by molar-refractivity contribution is 5.95. The minimum Gasteiger partial charge on any atom is -0.507 e. The van der Waals surface area contributed by atoms with Crippen LogP contribution in [0.3, 0.4) is 0 Å². The molecule has 0 aliphatic rings. The predicted molar refractivity (Wildman–Crippen MR) is 93.9 cm³/mol. The molecule has 2 aromatic rings. The van der Waals surface area contributed by atoms with E-state index in [0.29, 0.717) is 15.6 Å². The van der Waals surface area contributed by atoms with Gasteiger partial charge in [0.25, 0.3) is 5.91 Å². The molecule has 0 atom stereocenters. The van der Waals surface area contributed by atoms with Gasteiger partial charge in [-0.25, -0.2) is 5.43 Å². The van der Waals surface area contributed by atoms with Gasteiger partial charge in [-0.2, -0.15) is 5.10 Å². The number of carbonyl (C=O) groups excluding carboxylic acids is 1. The third-order valence-electron chi connectivity index (χ3n) is 3.44. The summed E-state index contributed by atoms with van der Waals surface area (Å²) in [6.07, 6.45) is 1.43. The molecule has 0 fully saturated rings. The van der Waals surface area contributed by atoms with E-state index >= 15 is 0 Å². The number of carbonyl (C=O) groups is 1. The second-order valence-electron chi connectivity index (χ2n) is 6.32. The number of nitrogens with zero attached hydrogens (tertiary/aromatic N) is 2. The number of phenolic OH excluding ortho intramolecular Hbond substituents is 1. The average molecular weight is 312 g/mol. The third-order valence-corrected chi connectivity index (χ3v) is 3.44. The highest BCUT2D eigenvalue weighted by Crippen LogP contribution is 2.18. The van der Waals surface area contributed by atoms with Gasteiger partial charge in [0.2, 0.25) is 0 Å². The van der Waals surface area contributed by atoms with E-state index in [0.717, 1.165) is 11.3 Å². The Labute approximate surface area is 136 Å². The SMILES string of the molecule is Cc1ccc(C=NNC(=O)c2cccc([N+](C)(C)C)c2)c(O)c1. The minimum absolute atomic E-state index is 0.134. The maximum atomic E-state index is 12.2. The molecule has 2 aromatic carbocycles. The molecule has 0 unspecified atom stereocenters. The largest absolute Gasteiger partial charge is 0.507 e. The van der Waals surface area contributed by atoms with Crippen molar-refractivity contribution >= 4 is 17.8 Å². The number of aromatic hydroxyl groups is 1. The van der Waals surface area contributed by atoms with Crippen molar-refractivity contribution in [1.82, 2.24) is 9.91 Å². The van der Waals surface area contributed by atoms with Gasteiger partial charge in [-0.05, 0) is 36.8 Å². The maximum Gasteiger partial charge on any atom is 0.271 e. The second kappa shape index (κ2) is 6.62. The standard InChI is InChI=1S/C18H21N3O2/c1-13-8-9-15(17(22)10-13)12-19-20-18(23)14-6-5-7-16(11-14)21(2,3)4/h5-12H,1-4H3,(H-,19,20,22,23)/p+1. The Morgan fingerprint density at radius 3 is 2.57 bits per heavy atom. The van der Waals surface area contributed by atoms with Crippen molar-refractivity contribution in [2.75, 3.05) is 21.1 Å². The monoisotopic (exact) mass is 312 g/mol. The molecule has 0 saturated carbocycles. The molecule has 0 aliphatic heterocycles. The zero-order valence-electron chi connectivity index (χ0n) is 13.9. The summed E-state index contributed by atoms with van der Waals surface area (Å²) >= 11 is 0. The van der Waals surface area contributed by atoms with Gasteiger partial charge in [-0.1, -0.05) is 12.1 Å². The lowest BCUT2D eigenvalue weighted by Crippen LogP contribution is -2.35. The fourth-order valence-electron chi connectivity index (χ4n) is 2.05. The number of rotatable bonds is 4. The summed E-state index contributed by atoms with van der Waals surface area (Å²) in [4.78, 5) is 12.2. The van der Waals surface area contributed by atoms with E-state index in [1.807, 2.05) is 52.3 Å². The number of nitrogens with one attached hydrogen (secondary N) is 1. The molecule has 0 heterocycles. The van der Waals surface area contributed by atoms with Crippen LogP contribution in [0.5, 0.6) is 5.75 Å². The van der Waals surface area contributed by atoms with Crippen LogP contribution < -0.4 is 9.91 Å². The van der Waals surface area contributed by atoms with E-state index in [2.05, 4.69) is 10.5 Å². The summed E-state index contributed by atoms with van der Waals surface area (Å²) in [5, 5.41) is 13.7. The average Bonchev–Trinajstić information content (AvgIpc) is 2.48. The molecular weight excluding hydrogens is 290 g/mol. The molecular formula is C18H22N3O2+. The molecule has 23 heavy (non-hydrogen) atoms. The van der Waals surface area contributed by atoms with Crippen LogP contribution in [-0.2, 0) is 0 Å². The van der Waals surface area contributed by atoms with Gasteiger partial charge in [0, 0.05) is 17.2 Å². The first kappa shape index (κ1) is 16.7. The first-order chi connectivity index (χ1) is 10.8. The van der Waals surface area contributed by atoms with Gasteiger partial charge in [0.1, 0.15) is 11.4 Å². The van der Waals surface area contributed by atoms with E-state index in [-0.39, 0.29) is 11.7 Å². The van der Waals surface area contributed by atoms with Crippen molar-refractivity contribution in [2.45, 2.75) is 6.92 Å². The van der Waals surface area contributed by atoms with Crippen LogP contribution in [0.4, 0.5) is 5.69 Å². The molecule has 5 heteroatoms. The van der Waals surface area contributed by atoms with Gasteiger partial charge in [-0.15, -0.1) is 0 Å². The lowest BCUT2D eigenvalue weighted by molar-refractivity contribution is 0.0955. The zero-order valence-corrected chi connectivity index (χ0v) is 13.9.